The summed E-state index contributed by atoms with van der Waals surface area (Å²) in [4.78, 5) is 26.5. The molecule has 216 valence electrons. The molecule has 1 fully saturated rings. The fourth-order valence-electron chi connectivity index (χ4n) is 4.66. The Kier molecular flexibility index (Phi) is 9.75. The Hall–Kier alpha value is -3.09. The molecule has 4 rings (SSSR count). The van der Waals surface area contributed by atoms with Crippen molar-refractivity contribution in [3.05, 3.63) is 47.5 Å². The standard InChI is InChI=1S/C28H38N6O4S2/c1-6-31-40(36,37)24-15-21(32-25-13-14-29-26(34-25)17(2)3)11-12-22(24)23-16-30-27(39-23)19-7-9-20(10-8-19)33-28(35)38-18(4)5/h11-20,31H,6-10H2,1-5H3,(H,33,35)(H,29,32,34). The molecule has 1 aliphatic rings. The van der Waals surface area contributed by atoms with E-state index >= 15 is 0 Å². The summed E-state index contributed by atoms with van der Waals surface area (Å²) >= 11 is 1.52. The van der Waals surface area contributed by atoms with Gasteiger partial charge in [0.05, 0.1) is 20.9 Å². The van der Waals surface area contributed by atoms with Crippen molar-refractivity contribution >= 4 is 39.0 Å². The predicted molar refractivity (Wildman–Crippen MR) is 158 cm³/mol. The number of alkyl carbamates (subject to hydrolysis) is 1. The van der Waals surface area contributed by atoms with Gasteiger partial charge in [0.2, 0.25) is 10.0 Å². The van der Waals surface area contributed by atoms with E-state index in [1.807, 2.05) is 39.8 Å². The van der Waals surface area contributed by atoms with E-state index in [4.69, 9.17) is 4.74 Å². The van der Waals surface area contributed by atoms with Gasteiger partial charge in [0, 0.05) is 48.1 Å². The van der Waals surface area contributed by atoms with Gasteiger partial charge in [-0.25, -0.2) is 32.9 Å². The summed E-state index contributed by atoms with van der Waals surface area (Å²) in [5.74, 6) is 1.74. The number of hydrogen-bond acceptors (Lipinski definition) is 9. The van der Waals surface area contributed by atoms with Crippen LogP contribution in [0, 0.1) is 0 Å². The zero-order chi connectivity index (χ0) is 28.9. The lowest BCUT2D eigenvalue weighted by Gasteiger charge is -2.28. The fraction of sp³-hybridized carbons (Fsp3) is 0.500. The topological polar surface area (TPSA) is 135 Å². The first-order chi connectivity index (χ1) is 19.1. The first-order valence-corrected chi connectivity index (χ1v) is 16.0. The van der Waals surface area contributed by atoms with Gasteiger partial charge < -0.3 is 15.4 Å². The van der Waals surface area contributed by atoms with Crippen molar-refractivity contribution in [1.82, 2.24) is 25.0 Å². The van der Waals surface area contributed by atoms with E-state index in [2.05, 4.69) is 30.3 Å². The van der Waals surface area contributed by atoms with Gasteiger partial charge in [-0.2, -0.15) is 0 Å². The van der Waals surface area contributed by atoms with Gasteiger partial charge in [-0.05, 0) is 57.7 Å². The van der Waals surface area contributed by atoms with Gasteiger partial charge in [0.15, 0.2) is 0 Å². The molecular weight excluding hydrogens is 548 g/mol. The molecule has 1 aromatic carbocycles. The molecule has 0 aliphatic heterocycles. The van der Waals surface area contributed by atoms with Gasteiger partial charge in [-0.15, -0.1) is 11.3 Å². The van der Waals surface area contributed by atoms with Crippen LogP contribution in [0.15, 0.2) is 41.6 Å². The molecule has 1 aliphatic carbocycles. The Bertz CT molecular complexity index is 1420. The quantitative estimate of drug-likeness (QED) is 0.266. The second-order valence-corrected chi connectivity index (χ2v) is 13.3. The number of carbonyl (C=O) groups is 1. The van der Waals surface area contributed by atoms with E-state index in [0.29, 0.717) is 22.9 Å². The Morgan fingerprint density at radius 2 is 1.85 bits per heavy atom. The number of rotatable bonds is 10. The summed E-state index contributed by atoms with van der Waals surface area (Å²) < 4.78 is 34.3. The minimum Gasteiger partial charge on any atom is -0.447 e. The van der Waals surface area contributed by atoms with Crippen molar-refractivity contribution in [2.24, 2.45) is 0 Å². The summed E-state index contributed by atoms with van der Waals surface area (Å²) in [5.41, 5.74) is 1.22. The highest BCUT2D eigenvalue weighted by molar-refractivity contribution is 7.89. The van der Waals surface area contributed by atoms with Crippen LogP contribution in [-0.2, 0) is 14.8 Å². The predicted octanol–water partition coefficient (Wildman–Crippen LogP) is 5.93. The molecule has 40 heavy (non-hydrogen) atoms. The van der Waals surface area contributed by atoms with Crippen LogP contribution in [-0.4, -0.2) is 48.2 Å². The number of amides is 1. The van der Waals surface area contributed by atoms with Crippen LogP contribution in [0.1, 0.15) is 83.0 Å². The number of nitrogens with one attached hydrogen (secondary N) is 3. The lowest BCUT2D eigenvalue weighted by Crippen LogP contribution is -2.38. The lowest BCUT2D eigenvalue weighted by atomic mass is 9.86. The normalized spacial score (nSPS) is 17.7. The lowest BCUT2D eigenvalue weighted by molar-refractivity contribution is 0.109. The number of aromatic nitrogens is 3. The van der Waals surface area contributed by atoms with E-state index in [1.165, 1.54) is 11.3 Å². The monoisotopic (exact) mass is 586 g/mol. The molecule has 0 atom stereocenters. The van der Waals surface area contributed by atoms with Crippen LogP contribution in [0.25, 0.3) is 10.4 Å². The van der Waals surface area contributed by atoms with Crippen molar-refractivity contribution in [3.63, 3.8) is 0 Å². The third-order valence-corrected chi connectivity index (χ3v) is 9.38. The van der Waals surface area contributed by atoms with E-state index < -0.39 is 10.0 Å². The number of carbonyl (C=O) groups excluding carboxylic acids is 1. The highest BCUT2D eigenvalue weighted by atomic mass is 32.2. The summed E-state index contributed by atoms with van der Waals surface area (Å²) in [6, 6.07) is 7.15. The Morgan fingerprint density at radius 3 is 2.52 bits per heavy atom. The Balaban J connectivity index is 1.53. The minimum absolute atomic E-state index is 0.0883. The third-order valence-electron chi connectivity index (χ3n) is 6.60. The molecule has 1 saturated carbocycles. The zero-order valence-corrected chi connectivity index (χ0v) is 25.2. The molecule has 2 aromatic heterocycles. The molecule has 12 heteroatoms. The second kappa shape index (κ2) is 13.0. The minimum atomic E-state index is -3.76. The fourth-order valence-corrected chi connectivity index (χ4v) is 7.14. The maximum absolute atomic E-state index is 13.2. The van der Waals surface area contributed by atoms with Gasteiger partial charge in [0.1, 0.15) is 11.6 Å². The molecule has 0 saturated heterocycles. The maximum atomic E-state index is 13.2. The van der Waals surface area contributed by atoms with Crippen molar-refractivity contribution in [3.8, 4) is 10.4 Å². The summed E-state index contributed by atoms with van der Waals surface area (Å²) in [6.07, 6.45) is 6.39. The van der Waals surface area contributed by atoms with Gasteiger partial charge in [-0.1, -0.05) is 26.8 Å². The third kappa shape index (κ3) is 7.55. The Labute approximate surface area is 240 Å². The second-order valence-electron chi connectivity index (χ2n) is 10.5. The van der Waals surface area contributed by atoms with Crippen LogP contribution in [0.3, 0.4) is 0 Å². The molecule has 0 unspecified atom stereocenters. The van der Waals surface area contributed by atoms with Gasteiger partial charge >= 0.3 is 6.09 Å². The number of hydrogen-bond donors (Lipinski definition) is 3. The molecule has 3 N–H and O–H groups in total. The van der Waals surface area contributed by atoms with Crippen LogP contribution in [0.4, 0.5) is 16.3 Å². The maximum Gasteiger partial charge on any atom is 0.407 e. The van der Waals surface area contributed by atoms with Crippen molar-refractivity contribution in [2.75, 3.05) is 11.9 Å². The van der Waals surface area contributed by atoms with Crippen molar-refractivity contribution in [2.45, 2.75) is 89.2 Å². The Morgan fingerprint density at radius 1 is 1.10 bits per heavy atom. The number of ether oxygens (including phenoxy) is 1. The smallest absolute Gasteiger partial charge is 0.407 e. The molecular formula is C28H38N6O4S2. The average molecular weight is 587 g/mol. The van der Waals surface area contributed by atoms with Crippen LogP contribution < -0.4 is 15.4 Å². The summed E-state index contributed by atoms with van der Waals surface area (Å²) in [7, 11) is -3.76. The highest BCUT2D eigenvalue weighted by Crippen LogP contribution is 2.40. The largest absolute Gasteiger partial charge is 0.447 e. The molecule has 3 aromatic rings. The van der Waals surface area contributed by atoms with E-state index in [-0.39, 0.29) is 41.5 Å². The first-order valence-electron chi connectivity index (χ1n) is 13.7. The summed E-state index contributed by atoms with van der Waals surface area (Å²) in [6.45, 7) is 9.73. The van der Waals surface area contributed by atoms with Gasteiger partial charge in [0.25, 0.3) is 0 Å². The van der Waals surface area contributed by atoms with Crippen molar-refractivity contribution < 1.29 is 17.9 Å². The zero-order valence-electron chi connectivity index (χ0n) is 23.6. The van der Waals surface area contributed by atoms with Crippen LogP contribution in [0.2, 0.25) is 0 Å². The average Bonchev–Trinajstić information content (AvgIpc) is 3.39. The molecule has 1 amide bonds. The van der Waals surface area contributed by atoms with Crippen LogP contribution in [0.5, 0.6) is 0 Å². The number of sulfonamides is 1. The van der Waals surface area contributed by atoms with E-state index in [9.17, 15) is 13.2 Å². The molecule has 2 heterocycles. The number of anilines is 2. The van der Waals surface area contributed by atoms with E-state index in [1.54, 1.807) is 31.5 Å². The number of thiazole rings is 1. The molecule has 0 radical (unpaired) electrons. The van der Waals surface area contributed by atoms with Crippen LogP contribution >= 0.6 is 11.3 Å². The van der Waals surface area contributed by atoms with Gasteiger partial charge in [-0.3, -0.25) is 0 Å². The highest BCUT2D eigenvalue weighted by Gasteiger charge is 2.27. The number of nitrogens with zero attached hydrogens (tertiary/aromatic N) is 3. The van der Waals surface area contributed by atoms with Crippen molar-refractivity contribution in [1.29, 1.82) is 0 Å². The number of benzene rings is 1. The first kappa shape index (κ1) is 29.9. The van der Waals surface area contributed by atoms with E-state index in [0.717, 1.165) is 35.6 Å². The molecule has 0 bridgehead atoms. The molecule has 0 spiro atoms. The summed E-state index contributed by atoms with van der Waals surface area (Å²) in [5, 5.41) is 7.16. The molecule has 10 nitrogen and oxygen atoms in total. The SMILES string of the molecule is CCNS(=O)(=O)c1cc(Nc2ccnc(C(C)C)n2)ccc1-c1cnc(C2CCC(NC(=O)OC(C)C)CC2)s1.